The summed E-state index contributed by atoms with van der Waals surface area (Å²) in [4.78, 5) is 1.16. The predicted octanol–water partition coefficient (Wildman–Crippen LogP) is 4.84. The molecule has 2 rings (SSSR count). The number of hydrogen-bond donors (Lipinski definition) is 0. The van der Waals surface area contributed by atoms with Gasteiger partial charge in [-0.1, -0.05) is 0 Å². The Bertz CT molecular complexity index is 527. The quantitative estimate of drug-likeness (QED) is 0.721. The van der Waals surface area contributed by atoms with Gasteiger partial charge >= 0.3 is 0 Å². The molecule has 5 heteroatoms. The second kappa shape index (κ2) is 6.45. The van der Waals surface area contributed by atoms with Gasteiger partial charge in [-0.2, -0.15) is 0 Å². The lowest BCUT2D eigenvalue weighted by molar-refractivity contribution is 0.306. The molecule has 0 aliphatic rings. The highest BCUT2D eigenvalue weighted by molar-refractivity contribution is 9.10. The molecule has 0 unspecified atom stereocenters. The number of halogens is 2. The van der Waals surface area contributed by atoms with Crippen LogP contribution in [0.25, 0.3) is 0 Å². The number of methoxy groups -OCH3 is 1. The van der Waals surface area contributed by atoms with Crippen LogP contribution in [0.1, 0.15) is 10.4 Å². The highest BCUT2D eigenvalue weighted by Gasteiger charge is 2.07. The monoisotopic (exact) mass is 346 g/mol. The van der Waals surface area contributed by atoms with Crippen LogP contribution >= 0.6 is 38.9 Å². The fraction of sp³-hybridized carbons (Fsp3) is 0.231. The van der Waals surface area contributed by atoms with E-state index in [-0.39, 0.29) is 0 Å². The van der Waals surface area contributed by atoms with Gasteiger partial charge in [0.2, 0.25) is 0 Å². The Morgan fingerprint density at radius 3 is 2.78 bits per heavy atom. The number of alkyl halides is 1. The van der Waals surface area contributed by atoms with Gasteiger partial charge in [-0.25, -0.2) is 0 Å². The van der Waals surface area contributed by atoms with E-state index in [9.17, 15) is 0 Å². The number of benzene rings is 1. The Morgan fingerprint density at radius 2 is 2.17 bits per heavy atom. The van der Waals surface area contributed by atoms with Gasteiger partial charge in [0.05, 0.1) is 17.9 Å². The smallest absolute Gasteiger partial charge is 0.124 e. The molecule has 0 fully saturated rings. The molecule has 0 atom stereocenters. The molecule has 0 saturated heterocycles. The van der Waals surface area contributed by atoms with Gasteiger partial charge in [-0.05, 0) is 45.6 Å². The van der Waals surface area contributed by atoms with Gasteiger partial charge in [-0.3, -0.25) is 0 Å². The van der Waals surface area contributed by atoms with Crippen molar-refractivity contribution in [3.63, 3.8) is 0 Å². The third kappa shape index (κ3) is 3.19. The highest BCUT2D eigenvalue weighted by Crippen LogP contribution is 2.28. The molecule has 0 spiro atoms. The Hall–Kier alpha value is -0.710. The fourth-order valence-electron chi connectivity index (χ4n) is 1.50. The lowest BCUT2D eigenvalue weighted by Crippen LogP contribution is -1.97. The van der Waals surface area contributed by atoms with Crippen molar-refractivity contribution < 1.29 is 9.47 Å². The zero-order chi connectivity index (χ0) is 13.0. The molecule has 0 bridgehead atoms. The van der Waals surface area contributed by atoms with Crippen molar-refractivity contribution in [2.24, 2.45) is 0 Å². The summed E-state index contributed by atoms with van der Waals surface area (Å²) < 4.78 is 12.0. The van der Waals surface area contributed by atoms with E-state index in [1.807, 2.05) is 29.6 Å². The van der Waals surface area contributed by atoms with Crippen LogP contribution in [0, 0.1) is 0 Å². The Labute approximate surface area is 124 Å². The van der Waals surface area contributed by atoms with E-state index in [4.69, 9.17) is 21.1 Å². The largest absolute Gasteiger partial charge is 0.497 e. The van der Waals surface area contributed by atoms with E-state index >= 15 is 0 Å². The molecule has 0 amide bonds. The van der Waals surface area contributed by atoms with Gasteiger partial charge in [-0.15, -0.1) is 22.9 Å². The van der Waals surface area contributed by atoms with Gasteiger partial charge in [0.15, 0.2) is 0 Å². The Morgan fingerprint density at radius 1 is 1.33 bits per heavy atom. The molecule has 0 aliphatic heterocycles. The molecule has 0 radical (unpaired) electrons. The van der Waals surface area contributed by atoms with Gasteiger partial charge in [0, 0.05) is 10.0 Å². The van der Waals surface area contributed by atoms with Crippen LogP contribution in [0.4, 0.5) is 0 Å². The third-order valence-corrected chi connectivity index (χ3v) is 4.65. The fourth-order valence-corrected chi connectivity index (χ4v) is 3.09. The van der Waals surface area contributed by atoms with Crippen LogP contribution in [0.3, 0.4) is 0 Å². The molecule has 2 aromatic rings. The third-order valence-electron chi connectivity index (χ3n) is 2.46. The average Bonchev–Trinajstić information content (AvgIpc) is 2.81. The number of thiophene rings is 1. The lowest BCUT2D eigenvalue weighted by atomic mass is 10.2. The summed E-state index contributed by atoms with van der Waals surface area (Å²) in [6.45, 7) is 0.536. The maximum Gasteiger partial charge on any atom is 0.124 e. The van der Waals surface area contributed by atoms with Gasteiger partial charge in [0.25, 0.3) is 0 Å². The Kier molecular flexibility index (Phi) is 4.92. The average molecular weight is 348 g/mol. The van der Waals surface area contributed by atoms with Crippen molar-refractivity contribution in [2.75, 3.05) is 7.11 Å². The molecule has 2 nitrogen and oxygen atoms in total. The van der Waals surface area contributed by atoms with Crippen molar-refractivity contribution in [3.05, 3.63) is 44.6 Å². The van der Waals surface area contributed by atoms with E-state index in [0.717, 1.165) is 26.4 Å². The van der Waals surface area contributed by atoms with E-state index in [2.05, 4.69) is 15.9 Å². The second-order valence-corrected chi connectivity index (χ2v) is 5.71. The number of hydrogen-bond acceptors (Lipinski definition) is 3. The van der Waals surface area contributed by atoms with Crippen molar-refractivity contribution in [1.29, 1.82) is 0 Å². The lowest BCUT2D eigenvalue weighted by Gasteiger charge is -2.11. The Balaban J connectivity index is 2.11. The predicted molar refractivity (Wildman–Crippen MR) is 78.9 cm³/mol. The summed E-state index contributed by atoms with van der Waals surface area (Å²) in [5.74, 6) is 1.99. The van der Waals surface area contributed by atoms with Crippen molar-refractivity contribution in [1.82, 2.24) is 0 Å². The summed E-state index contributed by atoms with van der Waals surface area (Å²) >= 11 is 11.1. The summed E-state index contributed by atoms with van der Waals surface area (Å²) in [6, 6.07) is 7.67. The van der Waals surface area contributed by atoms with Crippen molar-refractivity contribution in [2.45, 2.75) is 12.5 Å². The first-order valence-corrected chi connectivity index (χ1v) is 7.53. The maximum atomic E-state index is 5.91. The van der Waals surface area contributed by atoms with E-state index in [0.29, 0.717) is 12.5 Å². The standard InChI is InChI=1S/C13H12BrClO2S/c1-16-10-2-3-12(9(6-10)7-15)17-8-13-11(14)4-5-18-13/h2-6H,7-8H2,1H3. The molecule has 0 N–H and O–H groups in total. The molecule has 1 heterocycles. The minimum absolute atomic E-state index is 0.401. The molecule has 0 saturated carbocycles. The van der Waals surface area contributed by atoms with Crippen LogP contribution in [0.2, 0.25) is 0 Å². The van der Waals surface area contributed by atoms with Crippen LogP contribution in [-0.2, 0) is 12.5 Å². The van der Waals surface area contributed by atoms with E-state index in [1.165, 1.54) is 0 Å². The first-order chi connectivity index (χ1) is 8.74. The summed E-state index contributed by atoms with van der Waals surface area (Å²) in [6.07, 6.45) is 0. The molecule has 96 valence electrons. The maximum absolute atomic E-state index is 5.91. The van der Waals surface area contributed by atoms with Gasteiger partial charge in [0.1, 0.15) is 18.1 Å². The summed E-state index contributed by atoms with van der Waals surface area (Å²) in [7, 11) is 1.64. The normalized spacial score (nSPS) is 10.4. The van der Waals surface area contributed by atoms with Crippen LogP contribution in [0.5, 0.6) is 11.5 Å². The zero-order valence-corrected chi connectivity index (χ0v) is 12.9. The second-order valence-electron chi connectivity index (χ2n) is 3.59. The molecular formula is C13H12BrClO2S. The van der Waals surface area contributed by atoms with Crippen LogP contribution in [-0.4, -0.2) is 7.11 Å². The summed E-state index contributed by atoms with van der Waals surface area (Å²) in [5, 5.41) is 2.03. The van der Waals surface area contributed by atoms with Crippen LogP contribution < -0.4 is 9.47 Å². The first-order valence-electron chi connectivity index (χ1n) is 5.32. The van der Waals surface area contributed by atoms with Crippen molar-refractivity contribution in [3.8, 4) is 11.5 Å². The number of rotatable bonds is 5. The topological polar surface area (TPSA) is 18.5 Å². The minimum atomic E-state index is 0.401. The summed E-state index contributed by atoms with van der Waals surface area (Å²) in [5.41, 5.74) is 0.934. The SMILES string of the molecule is COc1ccc(OCc2sccc2Br)c(CCl)c1. The molecule has 1 aromatic carbocycles. The zero-order valence-electron chi connectivity index (χ0n) is 9.78. The molecule has 1 aromatic heterocycles. The highest BCUT2D eigenvalue weighted by atomic mass is 79.9. The molecular weight excluding hydrogens is 336 g/mol. The van der Waals surface area contributed by atoms with Gasteiger partial charge < -0.3 is 9.47 Å². The molecule has 18 heavy (non-hydrogen) atoms. The van der Waals surface area contributed by atoms with Crippen molar-refractivity contribution >= 4 is 38.9 Å². The van der Waals surface area contributed by atoms with E-state index < -0.39 is 0 Å². The molecule has 0 aliphatic carbocycles. The van der Waals surface area contributed by atoms with Crippen LogP contribution in [0.15, 0.2) is 34.1 Å². The first kappa shape index (κ1) is 13.7. The minimum Gasteiger partial charge on any atom is -0.497 e. The number of ether oxygens (including phenoxy) is 2. The van der Waals surface area contributed by atoms with E-state index in [1.54, 1.807) is 18.4 Å².